The van der Waals surface area contributed by atoms with Crippen LogP contribution in [-0.2, 0) is 13.0 Å². The van der Waals surface area contributed by atoms with Crippen LogP contribution in [0, 0.1) is 6.92 Å². The Bertz CT molecular complexity index is 522. The van der Waals surface area contributed by atoms with Crippen LogP contribution in [0.4, 0.5) is 4.79 Å². The molecule has 0 saturated carbocycles. The Balaban J connectivity index is 1.71. The Kier molecular flexibility index (Phi) is 4.93. The first kappa shape index (κ1) is 14.0. The molecule has 2 rings (SSSR count). The summed E-state index contributed by atoms with van der Waals surface area (Å²) in [7, 11) is 0. The average molecular weight is 295 g/mol. The molecule has 2 aromatic rings. The largest absolute Gasteiger partial charge is 0.335 e. The van der Waals surface area contributed by atoms with Crippen molar-refractivity contribution < 1.29 is 4.79 Å². The van der Waals surface area contributed by atoms with E-state index in [2.05, 4.69) is 27.1 Å². The van der Waals surface area contributed by atoms with E-state index >= 15 is 0 Å². The quantitative estimate of drug-likeness (QED) is 0.891. The summed E-state index contributed by atoms with van der Waals surface area (Å²) in [4.78, 5) is 16.0. The molecule has 6 heteroatoms. The van der Waals surface area contributed by atoms with Crippen molar-refractivity contribution in [3.05, 3.63) is 38.5 Å². The highest BCUT2D eigenvalue weighted by molar-refractivity contribution is 7.09. The maximum absolute atomic E-state index is 11.7. The molecule has 0 bridgehead atoms. The van der Waals surface area contributed by atoms with E-state index < -0.39 is 0 Å². The predicted molar refractivity (Wildman–Crippen MR) is 79.7 cm³/mol. The van der Waals surface area contributed by atoms with E-state index in [4.69, 9.17) is 0 Å². The molecule has 2 amide bonds. The first-order chi connectivity index (χ1) is 9.13. The molecular formula is C13H17N3OS2. The van der Waals surface area contributed by atoms with Gasteiger partial charge in [0.1, 0.15) is 0 Å². The van der Waals surface area contributed by atoms with Gasteiger partial charge in [-0.2, -0.15) is 11.3 Å². The molecule has 0 aliphatic rings. The average Bonchev–Trinajstić information content (AvgIpc) is 2.98. The molecular weight excluding hydrogens is 278 g/mol. The Morgan fingerprint density at radius 2 is 2.32 bits per heavy atom. The summed E-state index contributed by atoms with van der Waals surface area (Å²) in [5.74, 6) is 0. The zero-order valence-electron chi connectivity index (χ0n) is 11.0. The lowest BCUT2D eigenvalue weighted by Crippen LogP contribution is -2.41. The minimum absolute atomic E-state index is 0.117. The number of nitrogens with one attached hydrogen (secondary N) is 2. The van der Waals surface area contributed by atoms with Crippen LogP contribution in [0.3, 0.4) is 0 Å². The number of hydrogen-bond donors (Lipinski definition) is 2. The lowest BCUT2D eigenvalue weighted by Gasteiger charge is -2.13. The summed E-state index contributed by atoms with van der Waals surface area (Å²) in [6, 6.07) is 2.05. The third-order valence-electron chi connectivity index (χ3n) is 2.60. The fraction of sp³-hybridized carbons (Fsp3) is 0.385. The van der Waals surface area contributed by atoms with Crippen LogP contribution in [-0.4, -0.2) is 17.1 Å². The van der Waals surface area contributed by atoms with Gasteiger partial charge in [0.15, 0.2) is 0 Å². The maximum Gasteiger partial charge on any atom is 0.315 e. The molecule has 0 saturated heterocycles. The van der Waals surface area contributed by atoms with E-state index in [0.717, 1.165) is 17.1 Å². The van der Waals surface area contributed by atoms with E-state index in [9.17, 15) is 4.79 Å². The number of rotatable bonds is 5. The SMILES string of the molecule is Cc1nc(CNC(=O)NC(C)Cc2ccsc2)cs1. The van der Waals surface area contributed by atoms with Crippen molar-refractivity contribution in [3.8, 4) is 0 Å². The number of thiophene rings is 1. The van der Waals surface area contributed by atoms with Gasteiger partial charge in [0.2, 0.25) is 0 Å². The van der Waals surface area contributed by atoms with Crippen molar-refractivity contribution >= 4 is 28.7 Å². The Hall–Kier alpha value is -1.40. The van der Waals surface area contributed by atoms with Crippen LogP contribution < -0.4 is 10.6 Å². The number of hydrogen-bond acceptors (Lipinski definition) is 4. The lowest BCUT2D eigenvalue weighted by atomic mass is 10.1. The van der Waals surface area contributed by atoms with Crippen LogP contribution in [0.15, 0.2) is 22.2 Å². The van der Waals surface area contributed by atoms with E-state index in [0.29, 0.717) is 6.54 Å². The normalized spacial score (nSPS) is 12.1. The summed E-state index contributed by atoms with van der Waals surface area (Å²) in [5.41, 5.74) is 2.16. The van der Waals surface area contributed by atoms with Gasteiger partial charge in [-0.25, -0.2) is 9.78 Å². The third-order valence-corrected chi connectivity index (χ3v) is 4.15. The minimum atomic E-state index is -0.145. The molecule has 0 aromatic carbocycles. The van der Waals surface area contributed by atoms with E-state index in [1.807, 2.05) is 24.6 Å². The van der Waals surface area contributed by atoms with Gasteiger partial charge in [0, 0.05) is 11.4 Å². The third kappa shape index (κ3) is 4.65. The molecule has 2 heterocycles. The van der Waals surface area contributed by atoms with Crippen LogP contribution in [0.1, 0.15) is 23.2 Å². The molecule has 0 spiro atoms. The second-order valence-electron chi connectivity index (χ2n) is 4.42. The minimum Gasteiger partial charge on any atom is -0.335 e. The molecule has 0 fully saturated rings. The summed E-state index contributed by atoms with van der Waals surface area (Å²) < 4.78 is 0. The standard InChI is InChI=1S/C13H17N3OS2/c1-9(5-11-3-4-18-7-11)15-13(17)14-6-12-8-19-10(2)16-12/h3-4,7-9H,5-6H2,1-2H3,(H2,14,15,17). The van der Waals surface area contributed by atoms with Crippen molar-refractivity contribution in [2.45, 2.75) is 32.9 Å². The number of carbonyl (C=O) groups excluding carboxylic acids is 1. The molecule has 4 nitrogen and oxygen atoms in total. The number of amides is 2. The van der Waals surface area contributed by atoms with Crippen molar-refractivity contribution in [1.82, 2.24) is 15.6 Å². The zero-order chi connectivity index (χ0) is 13.7. The van der Waals surface area contributed by atoms with E-state index in [1.165, 1.54) is 5.56 Å². The van der Waals surface area contributed by atoms with Gasteiger partial charge in [-0.1, -0.05) is 0 Å². The predicted octanol–water partition coefficient (Wildman–Crippen LogP) is 2.94. The fourth-order valence-electron chi connectivity index (χ4n) is 1.75. The van der Waals surface area contributed by atoms with Crippen LogP contribution >= 0.6 is 22.7 Å². The molecule has 1 unspecified atom stereocenters. The molecule has 0 aliphatic carbocycles. The van der Waals surface area contributed by atoms with Crippen LogP contribution in [0.5, 0.6) is 0 Å². The van der Waals surface area contributed by atoms with Crippen molar-refractivity contribution in [1.29, 1.82) is 0 Å². The van der Waals surface area contributed by atoms with Gasteiger partial charge in [-0.05, 0) is 42.7 Å². The van der Waals surface area contributed by atoms with E-state index in [-0.39, 0.29) is 12.1 Å². The molecule has 102 valence electrons. The first-order valence-electron chi connectivity index (χ1n) is 6.10. The monoisotopic (exact) mass is 295 g/mol. The summed E-state index contributed by atoms with van der Waals surface area (Å²) in [6.07, 6.45) is 0.854. The highest BCUT2D eigenvalue weighted by atomic mass is 32.1. The molecule has 2 N–H and O–H groups in total. The van der Waals surface area contributed by atoms with Gasteiger partial charge in [-0.3, -0.25) is 0 Å². The topological polar surface area (TPSA) is 54.0 Å². The first-order valence-corrected chi connectivity index (χ1v) is 7.92. The number of carbonyl (C=O) groups is 1. The maximum atomic E-state index is 11.7. The smallest absolute Gasteiger partial charge is 0.315 e. The number of urea groups is 1. The van der Waals surface area contributed by atoms with Crippen molar-refractivity contribution in [3.63, 3.8) is 0 Å². The fourth-order valence-corrected chi connectivity index (χ4v) is 3.04. The van der Waals surface area contributed by atoms with Crippen molar-refractivity contribution in [2.24, 2.45) is 0 Å². The van der Waals surface area contributed by atoms with Gasteiger partial charge in [0.05, 0.1) is 17.2 Å². The molecule has 2 aromatic heterocycles. The number of nitrogens with zero attached hydrogens (tertiary/aromatic N) is 1. The summed E-state index contributed by atoms with van der Waals surface area (Å²) in [6.45, 7) is 4.43. The second kappa shape index (κ2) is 6.68. The summed E-state index contributed by atoms with van der Waals surface area (Å²) in [5, 5.41) is 12.9. The molecule has 1 atom stereocenters. The van der Waals surface area contributed by atoms with Gasteiger partial charge >= 0.3 is 6.03 Å². The van der Waals surface area contributed by atoms with Crippen molar-refractivity contribution in [2.75, 3.05) is 0 Å². The Morgan fingerprint density at radius 1 is 1.47 bits per heavy atom. The highest BCUT2D eigenvalue weighted by Crippen LogP contribution is 2.09. The number of thiazole rings is 1. The highest BCUT2D eigenvalue weighted by Gasteiger charge is 2.08. The molecule has 0 radical (unpaired) electrons. The number of aromatic nitrogens is 1. The zero-order valence-corrected chi connectivity index (χ0v) is 12.6. The van der Waals surface area contributed by atoms with Crippen LogP contribution in [0.25, 0.3) is 0 Å². The number of aryl methyl sites for hydroxylation is 1. The lowest BCUT2D eigenvalue weighted by molar-refractivity contribution is 0.237. The van der Waals surface area contributed by atoms with Crippen LogP contribution in [0.2, 0.25) is 0 Å². The molecule has 19 heavy (non-hydrogen) atoms. The second-order valence-corrected chi connectivity index (χ2v) is 6.26. The molecule has 0 aliphatic heterocycles. The Morgan fingerprint density at radius 3 is 2.95 bits per heavy atom. The Labute approximate surface area is 120 Å². The van der Waals surface area contributed by atoms with Gasteiger partial charge < -0.3 is 10.6 Å². The van der Waals surface area contributed by atoms with E-state index in [1.54, 1.807) is 22.7 Å². The van der Waals surface area contributed by atoms with Gasteiger partial charge in [0.25, 0.3) is 0 Å². The summed E-state index contributed by atoms with van der Waals surface area (Å²) >= 11 is 3.27. The van der Waals surface area contributed by atoms with Gasteiger partial charge in [-0.15, -0.1) is 11.3 Å².